The topological polar surface area (TPSA) is 32.3 Å². The molecule has 2 rings (SSSR count). The highest BCUT2D eigenvalue weighted by Crippen LogP contribution is 2.26. The molecule has 4 heteroatoms. The number of aromatic hydroxyl groups is 1. The molecule has 0 aliphatic heterocycles. The van der Waals surface area contributed by atoms with Crippen LogP contribution in [-0.2, 0) is 0 Å². The molecule has 2 N–H and O–H groups in total. The van der Waals surface area contributed by atoms with Crippen LogP contribution in [0, 0.1) is 0 Å². The fraction of sp³-hybridized carbons (Fsp3) is 0.294. The van der Waals surface area contributed by atoms with E-state index in [0.29, 0.717) is 6.04 Å². The van der Waals surface area contributed by atoms with Crippen LogP contribution in [-0.4, -0.2) is 23.2 Å². The molecule has 2 unspecified atom stereocenters. The number of hydrogen-bond donors (Lipinski definition) is 2. The van der Waals surface area contributed by atoms with Gasteiger partial charge in [0.15, 0.2) is 0 Å². The highest BCUT2D eigenvalue weighted by Gasteiger charge is 2.16. The smallest absolute Gasteiger partial charge is 0.115 e. The minimum absolute atomic E-state index is 0.0880. The van der Waals surface area contributed by atoms with Crippen molar-refractivity contribution in [3.05, 3.63) is 64.7 Å². The molecule has 0 fully saturated rings. The Kier molecular flexibility index (Phi) is 5.97. The van der Waals surface area contributed by atoms with Gasteiger partial charge in [-0.2, -0.15) is 11.8 Å². The maximum Gasteiger partial charge on any atom is 0.115 e. The largest absolute Gasteiger partial charge is 0.508 e. The molecule has 0 aliphatic rings. The van der Waals surface area contributed by atoms with Gasteiger partial charge in [0, 0.05) is 16.8 Å². The van der Waals surface area contributed by atoms with Crippen LogP contribution in [0.25, 0.3) is 0 Å². The van der Waals surface area contributed by atoms with Crippen molar-refractivity contribution in [3.8, 4) is 5.75 Å². The zero-order valence-electron chi connectivity index (χ0n) is 12.2. The van der Waals surface area contributed by atoms with Gasteiger partial charge in [-0.3, -0.25) is 0 Å². The zero-order chi connectivity index (χ0) is 15.2. The lowest BCUT2D eigenvalue weighted by Crippen LogP contribution is -2.33. The normalized spacial score (nSPS) is 13.9. The van der Waals surface area contributed by atoms with Crippen molar-refractivity contribution >= 4 is 23.4 Å². The third kappa shape index (κ3) is 4.67. The number of hydrogen-bond acceptors (Lipinski definition) is 3. The average molecular weight is 322 g/mol. The summed E-state index contributed by atoms with van der Waals surface area (Å²) in [7, 11) is 0. The molecule has 21 heavy (non-hydrogen) atoms. The summed E-state index contributed by atoms with van der Waals surface area (Å²) in [6, 6.07) is 15.7. The molecule has 0 heterocycles. The monoisotopic (exact) mass is 321 g/mol. The fourth-order valence-corrected chi connectivity index (χ4v) is 3.01. The van der Waals surface area contributed by atoms with Gasteiger partial charge in [0.2, 0.25) is 0 Å². The second-order valence-electron chi connectivity index (χ2n) is 5.10. The number of rotatable bonds is 6. The van der Waals surface area contributed by atoms with E-state index in [9.17, 15) is 5.11 Å². The van der Waals surface area contributed by atoms with Crippen LogP contribution in [0.2, 0.25) is 5.02 Å². The highest BCUT2D eigenvalue weighted by atomic mass is 35.5. The van der Waals surface area contributed by atoms with Crippen LogP contribution in [0.1, 0.15) is 24.1 Å². The number of benzene rings is 2. The first-order chi connectivity index (χ1) is 10.1. The summed E-state index contributed by atoms with van der Waals surface area (Å²) in [5, 5.41) is 13.9. The van der Waals surface area contributed by atoms with Gasteiger partial charge in [-0.05, 0) is 48.6 Å². The van der Waals surface area contributed by atoms with Crippen molar-refractivity contribution in [2.45, 2.75) is 19.0 Å². The van der Waals surface area contributed by atoms with Crippen molar-refractivity contribution in [2.75, 3.05) is 12.0 Å². The van der Waals surface area contributed by atoms with E-state index < -0.39 is 0 Å². The van der Waals surface area contributed by atoms with Gasteiger partial charge in [-0.15, -0.1) is 0 Å². The SMILES string of the molecule is CSCC(C)NC(c1ccc(O)cc1)c1ccc(Cl)cc1. The number of thioether (sulfide) groups is 1. The van der Waals surface area contributed by atoms with Crippen LogP contribution in [0.4, 0.5) is 0 Å². The van der Waals surface area contributed by atoms with Crippen molar-refractivity contribution in [1.82, 2.24) is 5.32 Å². The third-order valence-electron chi connectivity index (χ3n) is 3.30. The molecule has 0 bridgehead atoms. The Morgan fingerprint density at radius 3 is 2.10 bits per heavy atom. The van der Waals surface area contributed by atoms with Crippen LogP contribution < -0.4 is 5.32 Å². The fourth-order valence-electron chi connectivity index (χ4n) is 2.29. The van der Waals surface area contributed by atoms with E-state index in [2.05, 4.69) is 18.5 Å². The first-order valence-electron chi connectivity index (χ1n) is 6.89. The third-order valence-corrected chi connectivity index (χ3v) is 4.38. The first-order valence-corrected chi connectivity index (χ1v) is 8.66. The Morgan fingerprint density at radius 1 is 1.05 bits per heavy atom. The van der Waals surface area contributed by atoms with Gasteiger partial charge in [-0.1, -0.05) is 35.9 Å². The van der Waals surface area contributed by atoms with Crippen molar-refractivity contribution in [3.63, 3.8) is 0 Å². The van der Waals surface area contributed by atoms with Crippen LogP contribution >= 0.6 is 23.4 Å². The number of halogens is 1. The number of nitrogens with one attached hydrogen (secondary N) is 1. The summed E-state index contributed by atoms with van der Waals surface area (Å²) < 4.78 is 0. The molecule has 0 aromatic heterocycles. The lowest BCUT2D eigenvalue weighted by atomic mass is 9.98. The summed E-state index contributed by atoms with van der Waals surface area (Å²) in [5.41, 5.74) is 2.29. The summed E-state index contributed by atoms with van der Waals surface area (Å²) in [6.07, 6.45) is 2.11. The average Bonchev–Trinajstić information content (AvgIpc) is 2.47. The predicted molar refractivity (Wildman–Crippen MR) is 92.4 cm³/mol. The Bertz CT molecular complexity index is 511. The van der Waals surface area contributed by atoms with Crippen LogP contribution in [0.15, 0.2) is 48.5 Å². The van der Waals surface area contributed by atoms with Crippen LogP contribution in [0.5, 0.6) is 5.75 Å². The highest BCUT2D eigenvalue weighted by molar-refractivity contribution is 7.98. The van der Waals surface area contributed by atoms with Gasteiger partial charge >= 0.3 is 0 Å². The quantitative estimate of drug-likeness (QED) is 0.823. The summed E-state index contributed by atoms with van der Waals surface area (Å²) in [6.45, 7) is 2.18. The molecular weight excluding hydrogens is 302 g/mol. The molecule has 0 aliphatic carbocycles. The van der Waals surface area contributed by atoms with Crippen molar-refractivity contribution in [1.29, 1.82) is 0 Å². The van der Waals surface area contributed by atoms with Crippen LogP contribution in [0.3, 0.4) is 0 Å². The number of phenolic OH excluding ortho intramolecular Hbond substituents is 1. The molecule has 2 aromatic rings. The Morgan fingerprint density at radius 2 is 1.57 bits per heavy atom. The minimum Gasteiger partial charge on any atom is -0.508 e. The second-order valence-corrected chi connectivity index (χ2v) is 6.45. The molecule has 2 nitrogen and oxygen atoms in total. The molecule has 0 amide bonds. The van der Waals surface area contributed by atoms with E-state index in [1.807, 2.05) is 48.2 Å². The van der Waals surface area contributed by atoms with Gasteiger partial charge in [0.05, 0.1) is 6.04 Å². The Balaban J connectivity index is 2.29. The lowest BCUT2D eigenvalue weighted by molar-refractivity contribution is 0.474. The second kappa shape index (κ2) is 7.74. The van der Waals surface area contributed by atoms with Crippen molar-refractivity contribution in [2.24, 2.45) is 0 Å². The molecule has 0 spiro atoms. The summed E-state index contributed by atoms with van der Waals surface area (Å²) in [4.78, 5) is 0. The van der Waals surface area contributed by atoms with E-state index in [1.165, 1.54) is 0 Å². The van der Waals surface area contributed by atoms with Gasteiger partial charge in [0.1, 0.15) is 5.75 Å². The molecule has 0 radical (unpaired) electrons. The van der Waals surface area contributed by atoms with E-state index in [-0.39, 0.29) is 11.8 Å². The molecule has 112 valence electrons. The van der Waals surface area contributed by atoms with Crippen molar-refractivity contribution < 1.29 is 5.11 Å². The van der Waals surface area contributed by atoms with E-state index in [0.717, 1.165) is 21.9 Å². The maximum absolute atomic E-state index is 9.47. The maximum atomic E-state index is 9.47. The molecule has 2 atom stereocenters. The first kappa shape index (κ1) is 16.2. The number of phenols is 1. The zero-order valence-corrected chi connectivity index (χ0v) is 13.8. The van der Waals surface area contributed by atoms with Gasteiger partial charge < -0.3 is 10.4 Å². The molecule has 0 saturated heterocycles. The molecule has 2 aromatic carbocycles. The van der Waals surface area contributed by atoms with E-state index in [1.54, 1.807) is 12.1 Å². The summed E-state index contributed by atoms with van der Waals surface area (Å²) in [5.74, 6) is 1.33. The standard InChI is InChI=1S/C17H20ClNOS/c1-12(11-21-2)19-17(13-3-7-15(18)8-4-13)14-5-9-16(20)10-6-14/h3-10,12,17,19-20H,11H2,1-2H3. The molecular formula is C17H20ClNOS. The Labute approximate surface area is 135 Å². The predicted octanol–water partition coefficient (Wildman–Crippen LogP) is 4.48. The lowest BCUT2D eigenvalue weighted by Gasteiger charge is -2.24. The van der Waals surface area contributed by atoms with E-state index >= 15 is 0 Å². The molecule has 0 saturated carbocycles. The Hall–Kier alpha value is -1.16. The van der Waals surface area contributed by atoms with E-state index in [4.69, 9.17) is 11.6 Å². The minimum atomic E-state index is 0.0880. The van der Waals surface area contributed by atoms with Gasteiger partial charge in [-0.25, -0.2) is 0 Å². The summed E-state index contributed by atoms with van der Waals surface area (Å²) >= 11 is 7.81. The van der Waals surface area contributed by atoms with Gasteiger partial charge in [0.25, 0.3) is 0 Å².